The Kier molecular flexibility index (Phi) is 4.10. The molecule has 0 saturated carbocycles. The average molecular weight is 247 g/mol. The van der Waals surface area contributed by atoms with E-state index in [0.717, 1.165) is 5.69 Å². The van der Waals surface area contributed by atoms with Crippen molar-refractivity contribution in [3.05, 3.63) is 23.3 Å². The van der Waals surface area contributed by atoms with E-state index in [-0.39, 0.29) is 6.09 Å². The van der Waals surface area contributed by atoms with Gasteiger partial charge >= 0.3 is 6.09 Å². The maximum Gasteiger partial charge on any atom is 0.414 e. The minimum atomic E-state index is -0.472. The van der Waals surface area contributed by atoms with Gasteiger partial charge < -0.3 is 4.74 Å². The Bertz CT molecular complexity index is 440. The van der Waals surface area contributed by atoms with Crippen molar-refractivity contribution in [2.24, 2.45) is 0 Å². The predicted molar refractivity (Wildman–Crippen MR) is 78.7 cm³/mol. The van der Waals surface area contributed by atoms with Crippen molar-refractivity contribution >= 4 is 25.1 Å². The fourth-order valence-electron chi connectivity index (χ4n) is 1.64. The first-order chi connectivity index (χ1) is 8.11. The van der Waals surface area contributed by atoms with Gasteiger partial charge in [-0.05, 0) is 46.8 Å². The van der Waals surface area contributed by atoms with Crippen LogP contribution in [0.4, 0.5) is 10.5 Å². The van der Waals surface area contributed by atoms with Crippen molar-refractivity contribution in [2.75, 3.05) is 11.9 Å². The van der Waals surface area contributed by atoms with Gasteiger partial charge in [0.25, 0.3) is 0 Å². The Morgan fingerprint density at radius 1 is 1.22 bits per heavy atom. The molecule has 0 N–H and O–H groups in total. The number of rotatable bonds is 1. The lowest BCUT2D eigenvalue weighted by atomic mass is 9.86. The molecule has 1 rings (SSSR count). The van der Waals surface area contributed by atoms with Crippen molar-refractivity contribution in [3.8, 4) is 0 Å². The van der Waals surface area contributed by atoms with Crippen LogP contribution in [0.1, 0.15) is 31.9 Å². The van der Waals surface area contributed by atoms with Gasteiger partial charge in [-0.2, -0.15) is 0 Å². The molecule has 0 spiro atoms. The summed E-state index contributed by atoms with van der Waals surface area (Å²) in [5.74, 6) is 0. The highest BCUT2D eigenvalue weighted by Crippen LogP contribution is 2.18. The first-order valence-corrected chi connectivity index (χ1v) is 6.16. The molecule has 1 aromatic rings. The summed E-state index contributed by atoms with van der Waals surface area (Å²) in [6.07, 6.45) is -0.329. The van der Waals surface area contributed by atoms with Gasteiger partial charge in [0, 0.05) is 12.7 Å². The molecule has 0 atom stereocenters. The van der Waals surface area contributed by atoms with Crippen LogP contribution in [0.5, 0.6) is 0 Å². The summed E-state index contributed by atoms with van der Waals surface area (Å²) in [6.45, 7) is 9.70. The van der Waals surface area contributed by atoms with E-state index >= 15 is 0 Å². The number of hydrogen-bond acceptors (Lipinski definition) is 2. The Hall–Kier alpha value is -1.45. The maximum absolute atomic E-state index is 12.0. The van der Waals surface area contributed by atoms with Gasteiger partial charge in [0.1, 0.15) is 13.4 Å². The number of hydrogen-bond donors (Lipinski definition) is 0. The molecule has 0 fully saturated rings. The molecule has 0 aliphatic heterocycles. The first kappa shape index (κ1) is 14.6. The molecule has 0 aliphatic carbocycles. The minimum absolute atomic E-state index is 0.329. The van der Waals surface area contributed by atoms with Crippen molar-refractivity contribution in [3.63, 3.8) is 0 Å². The smallest absolute Gasteiger partial charge is 0.414 e. The molecule has 0 unspecified atom stereocenters. The second-order valence-corrected chi connectivity index (χ2v) is 5.74. The van der Waals surface area contributed by atoms with Crippen molar-refractivity contribution < 1.29 is 9.53 Å². The highest BCUT2D eigenvalue weighted by molar-refractivity contribution is 6.34. The molecule has 0 radical (unpaired) electrons. The third kappa shape index (κ3) is 3.52. The first-order valence-electron chi connectivity index (χ1n) is 6.16. The van der Waals surface area contributed by atoms with Gasteiger partial charge in [-0.1, -0.05) is 16.6 Å². The SMILES string of the molecule is Bc1c(C)cc(N(C)C(=O)OC(C)(C)C)cc1C. The Morgan fingerprint density at radius 2 is 1.67 bits per heavy atom. The minimum Gasteiger partial charge on any atom is -0.443 e. The van der Waals surface area contributed by atoms with E-state index in [4.69, 9.17) is 4.74 Å². The zero-order valence-electron chi connectivity index (χ0n) is 12.4. The number of anilines is 1. The van der Waals surface area contributed by atoms with E-state index in [0.29, 0.717) is 0 Å². The molecular weight excluding hydrogens is 225 g/mol. The highest BCUT2D eigenvalue weighted by Gasteiger charge is 2.20. The standard InChI is InChI=1S/C14H22BNO2/c1-9-7-11(8-10(2)12(9)15)16(6)13(17)18-14(3,4)5/h7-8H,15H2,1-6H3. The summed E-state index contributed by atoms with van der Waals surface area (Å²) in [5, 5.41) is 0. The number of carbonyl (C=O) groups is 1. The summed E-state index contributed by atoms with van der Waals surface area (Å²) in [7, 11) is 3.82. The molecule has 3 nitrogen and oxygen atoms in total. The molecule has 1 amide bonds. The van der Waals surface area contributed by atoms with Crippen LogP contribution in [0.2, 0.25) is 0 Å². The second-order valence-electron chi connectivity index (χ2n) is 5.74. The normalized spacial score (nSPS) is 11.2. The zero-order chi connectivity index (χ0) is 14.1. The van der Waals surface area contributed by atoms with Crippen molar-refractivity contribution in [1.82, 2.24) is 0 Å². The van der Waals surface area contributed by atoms with Crippen LogP contribution in [0, 0.1) is 13.8 Å². The quantitative estimate of drug-likeness (QED) is 0.710. The van der Waals surface area contributed by atoms with Crippen LogP contribution in [0.3, 0.4) is 0 Å². The molecule has 0 heterocycles. The number of aryl methyl sites for hydroxylation is 2. The third-order valence-electron chi connectivity index (χ3n) is 2.97. The largest absolute Gasteiger partial charge is 0.443 e. The molecule has 4 heteroatoms. The van der Waals surface area contributed by atoms with E-state index in [1.165, 1.54) is 16.6 Å². The van der Waals surface area contributed by atoms with E-state index < -0.39 is 5.60 Å². The van der Waals surface area contributed by atoms with Crippen molar-refractivity contribution in [1.29, 1.82) is 0 Å². The number of benzene rings is 1. The van der Waals surface area contributed by atoms with E-state index in [2.05, 4.69) is 21.7 Å². The van der Waals surface area contributed by atoms with Crippen LogP contribution in [0.15, 0.2) is 12.1 Å². The Morgan fingerprint density at radius 3 is 2.06 bits per heavy atom. The summed E-state index contributed by atoms with van der Waals surface area (Å²) in [5.41, 5.74) is 4.02. The number of nitrogens with zero attached hydrogens (tertiary/aromatic N) is 1. The summed E-state index contributed by atoms with van der Waals surface area (Å²) in [6, 6.07) is 4.01. The Labute approximate surface area is 111 Å². The topological polar surface area (TPSA) is 29.5 Å². The lowest BCUT2D eigenvalue weighted by molar-refractivity contribution is 0.0589. The summed E-state index contributed by atoms with van der Waals surface area (Å²) < 4.78 is 5.35. The summed E-state index contributed by atoms with van der Waals surface area (Å²) >= 11 is 0. The van der Waals surface area contributed by atoms with Crippen LogP contribution < -0.4 is 10.4 Å². The van der Waals surface area contributed by atoms with Crippen LogP contribution in [0.25, 0.3) is 0 Å². The molecular formula is C14H22BNO2. The highest BCUT2D eigenvalue weighted by atomic mass is 16.6. The summed E-state index contributed by atoms with van der Waals surface area (Å²) in [4.78, 5) is 13.5. The van der Waals surface area contributed by atoms with E-state index in [9.17, 15) is 4.79 Å². The Balaban J connectivity index is 2.97. The van der Waals surface area contributed by atoms with Gasteiger partial charge in [-0.15, -0.1) is 0 Å². The lowest BCUT2D eigenvalue weighted by Crippen LogP contribution is -2.34. The van der Waals surface area contributed by atoms with Gasteiger partial charge in [0.15, 0.2) is 0 Å². The molecule has 98 valence electrons. The second kappa shape index (κ2) is 5.05. The van der Waals surface area contributed by atoms with Crippen LogP contribution in [-0.2, 0) is 4.74 Å². The van der Waals surface area contributed by atoms with Crippen molar-refractivity contribution in [2.45, 2.75) is 40.2 Å². The number of carbonyl (C=O) groups excluding carboxylic acids is 1. The third-order valence-corrected chi connectivity index (χ3v) is 2.97. The monoisotopic (exact) mass is 247 g/mol. The molecule has 0 aliphatic rings. The number of amides is 1. The lowest BCUT2D eigenvalue weighted by Gasteiger charge is -2.25. The molecule has 18 heavy (non-hydrogen) atoms. The number of ether oxygens (including phenoxy) is 1. The predicted octanol–water partition coefficient (Wildman–Crippen LogP) is 1.93. The van der Waals surface area contributed by atoms with Crippen LogP contribution >= 0.6 is 0 Å². The molecule has 1 aromatic carbocycles. The molecule has 0 aromatic heterocycles. The van der Waals surface area contributed by atoms with E-state index in [1.807, 2.05) is 32.9 Å². The van der Waals surface area contributed by atoms with Crippen LogP contribution in [-0.4, -0.2) is 26.6 Å². The fraction of sp³-hybridized carbons (Fsp3) is 0.500. The van der Waals surface area contributed by atoms with E-state index in [1.54, 1.807) is 11.9 Å². The molecule has 0 saturated heterocycles. The average Bonchev–Trinajstić information content (AvgIpc) is 2.21. The van der Waals surface area contributed by atoms with Gasteiger partial charge in [0.05, 0.1) is 0 Å². The maximum atomic E-state index is 12.0. The van der Waals surface area contributed by atoms with Gasteiger partial charge in [0.2, 0.25) is 0 Å². The van der Waals surface area contributed by atoms with Gasteiger partial charge in [-0.25, -0.2) is 4.79 Å². The molecule has 0 bridgehead atoms. The zero-order valence-corrected chi connectivity index (χ0v) is 12.4. The fourth-order valence-corrected chi connectivity index (χ4v) is 1.64. The van der Waals surface area contributed by atoms with Gasteiger partial charge in [-0.3, -0.25) is 4.90 Å².